The zero-order valence-corrected chi connectivity index (χ0v) is 30.0. The molecule has 0 aromatic heterocycles. The molecule has 6 rings (SSSR count). The van der Waals surface area contributed by atoms with Gasteiger partial charge in [0.2, 0.25) is 0 Å². The van der Waals surface area contributed by atoms with Gasteiger partial charge in [-0.15, -0.1) is 0 Å². The van der Waals surface area contributed by atoms with Gasteiger partial charge in [0.05, 0.1) is 0 Å². The number of hydrogen-bond acceptors (Lipinski definition) is 0. The van der Waals surface area contributed by atoms with Gasteiger partial charge < -0.3 is 0 Å². The zero-order valence-electron chi connectivity index (χ0n) is 26.5. The molecule has 0 saturated carbocycles. The summed E-state index contributed by atoms with van der Waals surface area (Å²) in [7, 11) is 0. The average Bonchev–Trinajstić information content (AvgIpc) is 3.67. The van der Waals surface area contributed by atoms with Crippen LogP contribution in [0, 0.1) is 0 Å². The van der Waals surface area contributed by atoms with Crippen LogP contribution in [-0.4, -0.2) is 3.76 Å². The van der Waals surface area contributed by atoms with Crippen LogP contribution in [0.4, 0.5) is 0 Å². The van der Waals surface area contributed by atoms with Crippen molar-refractivity contribution in [1.29, 1.82) is 0 Å². The van der Waals surface area contributed by atoms with Gasteiger partial charge in [0.15, 0.2) is 0 Å². The summed E-state index contributed by atoms with van der Waals surface area (Å²) in [6.07, 6.45) is 14.6. The standard InChI is InChI=1S/2C17H15.C4H8.3CH3.Hf/c2*1-2-13-7-3-4-10-15(13)17-12-6-9-14-8-5-11-16(14)17;1-3-4-2;;;;/h2*3-12H,2H2,1H3;1H,3-4H2,2H3;3*1H3;. The number of benzene rings is 4. The van der Waals surface area contributed by atoms with Crippen LogP contribution in [0.15, 0.2) is 97.1 Å². The molecule has 0 amide bonds. The fourth-order valence-corrected chi connectivity index (χ4v) is 34.7. The van der Waals surface area contributed by atoms with E-state index in [1.54, 1.807) is 0 Å². The van der Waals surface area contributed by atoms with Crippen molar-refractivity contribution in [1.82, 2.24) is 0 Å². The first-order valence-electron chi connectivity index (χ1n) is 16.2. The van der Waals surface area contributed by atoms with Crippen molar-refractivity contribution in [2.45, 2.75) is 67.8 Å². The third-order valence-corrected chi connectivity index (χ3v) is 40.4. The number of aryl methyl sites for hydroxylation is 2. The van der Waals surface area contributed by atoms with Crippen LogP contribution >= 0.6 is 0 Å². The summed E-state index contributed by atoms with van der Waals surface area (Å²) in [6, 6.07) is 32.2. The van der Waals surface area contributed by atoms with E-state index in [0.29, 0.717) is 7.35 Å². The average molecular weight is 718 g/mol. The summed E-state index contributed by atoms with van der Waals surface area (Å²) in [5, 5.41) is 0. The second-order valence-corrected chi connectivity index (χ2v) is 53.9. The molecule has 0 radical (unpaired) electrons. The van der Waals surface area contributed by atoms with Crippen molar-refractivity contribution in [2.24, 2.45) is 0 Å². The Kier molecular flexibility index (Phi) is 7.21. The van der Waals surface area contributed by atoms with E-state index in [4.69, 9.17) is 0 Å². The van der Waals surface area contributed by atoms with E-state index in [0.717, 1.165) is 12.8 Å². The Morgan fingerprint density at radius 2 is 0.976 bits per heavy atom. The fourth-order valence-electron chi connectivity index (χ4n) is 8.61. The zero-order chi connectivity index (χ0) is 29.6. The van der Waals surface area contributed by atoms with Crippen LogP contribution in [0.5, 0.6) is 0 Å². The van der Waals surface area contributed by atoms with E-state index in [9.17, 15) is 0 Å². The van der Waals surface area contributed by atoms with E-state index in [1.165, 1.54) is 68.5 Å². The molecule has 42 heavy (non-hydrogen) atoms. The monoisotopic (exact) mass is 719 g/mol. The third-order valence-electron chi connectivity index (χ3n) is 11.1. The summed E-state index contributed by atoms with van der Waals surface area (Å²) < 4.78 is 12.0. The molecule has 0 fully saturated rings. The number of rotatable bonds is 8. The molecule has 0 nitrogen and oxygen atoms in total. The molecule has 215 valence electrons. The Bertz CT molecular complexity index is 1700. The first-order valence-corrected chi connectivity index (χ1v) is 33.2. The first kappa shape index (κ1) is 29.2. The fraction of sp³-hybridized carbons (Fsp3) is 0.293. The van der Waals surface area contributed by atoms with Crippen molar-refractivity contribution in [3.8, 4) is 22.3 Å². The third kappa shape index (κ3) is 4.46. The van der Waals surface area contributed by atoms with Crippen molar-refractivity contribution >= 4 is 15.9 Å². The normalized spacial score (nSPS) is 18.8. The molecule has 0 heterocycles. The summed E-state index contributed by atoms with van der Waals surface area (Å²) in [6.45, 7) is 6.88. The maximum absolute atomic E-state index is 4.48. The molecule has 0 saturated heterocycles. The number of fused-ring (bicyclic) bond motifs is 2. The molecule has 4 aromatic rings. The van der Waals surface area contributed by atoms with Gasteiger partial charge in [0.1, 0.15) is 0 Å². The Morgan fingerprint density at radius 3 is 1.40 bits per heavy atom. The van der Waals surface area contributed by atoms with Crippen molar-refractivity contribution in [3.05, 3.63) is 130 Å². The first-order chi connectivity index (χ1) is 20.2. The molecule has 0 aliphatic heterocycles. The van der Waals surface area contributed by atoms with Gasteiger partial charge in [-0.1, -0.05) is 0 Å². The Labute approximate surface area is 251 Å². The topological polar surface area (TPSA) is 0 Å². The summed E-state index contributed by atoms with van der Waals surface area (Å²) in [5.41, 5.74) is 14.4. The van der Waals surface area contributed by atoms with E-state index < -0.39 is 16.5 Å². The van der Waals surface area contributed by atoms with Gasteiger partial charge >= 0.3 is 253 Å². The Balaban J connectivity index is 1.55. The molecule has 0 spiro atoms. The predicted octanol–water partition coefficient (Wildman–Crippen LogP) is 12.0. The van der Waals surface area contributed by atoms with Gasteiger partial charge in [-0.2, -0.15) is 0 Å². The molecule has 0 N–H and O–H groups in total. The van der Waals surface area contributed by atoms with Gasteiger partial charge in [-0.25, -0.2) is 0 Å². The molecule has 2 unspecified atom stereocenters. The minimum absolute atomic E-state index is 0.433. The SMILES string of the molecule is CCC[CH]=[Hf]([CH3])([CH3])([CH3])([CH]1C=Cc2c(-c3ccccc3CC)cccc21)[CH]1C=Cc2c(-c3ccccc3CC)cccc21. The van der Waals surface area contributed by atoms with E-state index in [1.807, 2.05) is 0 Å². The molecular weight excluding hydrogens is 671 g/mol. The number of unbranched alkanes of at least 4 members (excludes halogenated alkanes) is 1. The van der Waals surface area contributed by atoms with Gasteiger partial charge in [-0.3, -0.25) is 0 Å². The van der Waals surface area contributed by atoms with Crippen LogP contribution in [0.1, 0.15) is 74.3 Å². The van der Waals surface area contributed by atoms with E-state index in [2.05, 4.69) is 148 Å². The molecular formula is C41H47Hf. The number of allylic oxidation sites excluding steroid dienone is 2. The predicted molar refractivity (Wildman–Crippen MR) is 185 cm³/mol. The molecule has 1 heteroatoms. The van der Waals surface area contributed by atoms with Gasteiger partial charge in [0.25, 0.3) is 0 Å². The molecule has 2 aliphatic carbocycles. The molecule has 0 bridgehead atoms. The molecule has 2 aliphatic rings. The van der Waals surface area contributed by atoms with Gasteiger partial charge in [0, 0.05) is 0 Å². The maximum atomic E-state index is 2.89. The van der Waals surface area contributed by atoms with Crippen LogP contribution in [0.25, 0.3) is 34.4 Å². The molecule has 4 aromatic carbocycles. The van der Waals surface area contributed by atoms with Crippen LogP contribution in [0.3, 0.4) is 0 Å². The van der Waals surface area contributed by atoms with Crippen LogP contribution in [0.2, 0.25) is 14.0 Å². The Hall–Kier alpha value is -2.90. The summed E-state index contributed by atoms with van der Waals surface area (Å²) in [5.74, 6) is 0. The summed E-state index contributed by atoms with van der Waals surface area (Å²) >= 11 is -4.48. The van der Waals surface area contributed by atoms with E-state index >= 15 is 0 Å². The quantitative estimate of drug-likeness (QED) is 0.159. The van der Waals surface area contributed by atoms with Gasteiger partial charge in [-0.05, 0) is 0 Å². The second-order valence-electron chi connectivity index (χ2n) is 14.9. The Morgan fingerprint density at radius 1 is 0.548 bits per heavy atom. The molecule has 2 atom stereocenters. The van der Waals surface area contributed by atoms with Crippen LogP contribution < -0.4 is 0 Å². The second kappa shape index (κ2) is 10.4. The van der Waals surface area contributed by atoms with Crippen molar-refractivity contribution < 1.29 is 16.5 Å². The van der Waals surface area contributed by atoms with Crippen molar-refractivity contribution in [3.63, 3.8) is 0 Å². The van der Waals surface area contributed by atoms with Crippen LogP contribution in [-0.2, 0) is 29.4 Å². The van der Waals surface area contributed by atoms with E-state index in [-0.39, 0.29) is 0 Å². The number of hydrogen-bond donors (Lipinski definition) is 0. The minimum atomic E-state index is -4.48. The summed E-state index contributed by atoms with van der Waals surface area (Å²) in [4.78, 5) is 0. The van der Waals surface area contributed by atoms with Crippen molar-refractivity contribution in [2.75, 3.05) is 0 Å².